The lowest BCUT2D eigenvalue weighted by atomic mass is 9.95. The van der Waals surface area contributed by atoms with Crippen LogP contribution in [0, 0.1) is 11.8 Å². The van der Waals surface area contributed by atoms with Gasteiger partial charge in [-0.25, -0.2) is 0 Å². The lowest BCUT2D eigenvalue weighted by molar-refractivity contribution is 0.223. The van der Waals surface area contributed by atoms with Crippen LogP contribution in [-0.4, -0.2) is 31.1 Å². The van der Waals surface area contributed by atoms with Crippen LogP contribution in [0.3, 0.4) is 0 Å². The Hall–Kier alpha value is -3.77. The first kappa shape index (κ1) is 26.3. The monoisotopic (exact) mass is 505 g/mol. The van der Waals surface area contributed by atoms with Gasteiger partial charge in [-0.3, -0.25) is 0 Å². The molecule has 3 heteroatoms. The van der Waals surface area contributed by atoms with Gasteiger partial charge in [0.15, 0.2) is 0 Å². The highest BCUT2D eigenvalue weighted by Gasteiger charge is 2.13. The zero-order valence-corrected chi connectivity index (χ0v) is 22.2. The SMILES string of the molecule is CCN(CC)CCOc1ccc(/C(=C(/Cl)c2ccc(C#Cc3ccccc3)cc2)c2ccccc2)cc1. The van der Waals surface area contributed by atoms with E-state index in [1.165, 1.54) is 0 Å². The molecule has 0 N–H and O–H groups in total. The summed E-state index contributed by atoms with van der Waals surface area (Å²) in [7, 11) is 0. The first-order valence-corrected chi connectivity index (χ1v) is 13.1. The van der Waals surface area contributed by atoms with Crippen molar-refractivity contribution in [2.75, 3.05) is 26.2 Å². The van der Waals surface area contributed by atoms with Crippen molar-refractivity contribution in [3.63, 3.8) is 0 Å². The van der Waals surface area contributed by atoms with Crippen LogP contribution in [0.25, 0.3) is 10.6 Å². The summed E-state index contributed by atoms with van der Waals surface area (Å²) in [5.74, 6) is 7.30. The summed E-state index contributed by atoms with van der Waals surface area (Å²) in [6, 6.07) is 36.6. The second-order valence-electron chi connectivity index (χ2n) is 8.65. The summed E-state index contributed by atoms with van der Waals surface area (Å²) >= 11 is 7.06. The average Bonchev–Trinajstić information content (AvgIpc) is 2.96. The molecular weight excluding hydrogens is 474 g/mol. The molecule has 0 aliphatic carbocycles. The maximum absolute atomic E-state index is 7.06. The van der Waals surface area contributed by atoms with Crippen molar-refractivity contribution in [1.29, 1.82) is 0 Å². The van der Waals surface area contributed by atoms with Crippen molar-refractivity contribution in [3.05, 3.63) is 137 Å². The minimum Gasteiger partial charge on any atom is -0.492 e. The quantitative estimate of drug-likeness (QED) is 0.169. The minimum absolute atomic E-state index is 0.669. The van der Waals surface area contributed by atoms with E-state index in [0.29, 0.717) is 11.6 Å². The zero-order valence-electron chi connectivity index (χ0n) is 21.5. The van der Waals surface area contributed by atoms with Gasteiger partial charge in [0.25, 0.3) is 0 Å². The molecule has 4 aromatic carbocycles. The summed E-state index contributed by atoms with van der Waals surface area (Å²) in [5.41, 5.74) is 5.99. The van der Waals surface area contributed by atoms with E-state index in [4.69, 9.17) is 16.3 Å². The molecule has 0 aliphatic heterocycles. The number of nitrogens with zero attached hydrogens (tertiary/aromatic N) is 1. The summed E-state index contributed by atoms with van der Waals surface area (Å²) in [6.45, 7) is 7.99. The zero-order chi connectivity index (χ0) is 25.9. The van der Waals surface area contributed by atoms with Crippen molar-refractivity contribution in [3.8, 4) is 17.6 Å². The predicted octanol–water partition coefficient (Wildman–Crippen LogP) is 7.96. The van der Waals surface area contributed by atoms with Crippen molar-refractivity contribution >= 4 is 22.2 Å². The van der Waals surface area contributed by atoms with E-state index < -0.39 is 0 Å². The number of hydrogen-bond donors (Lipinski definition) is 0. The Kier molecular flexibility index (Phi) is 9.60. The van der Waals surface area contributed by atoms with Crippen LogP contribution in [0.1, 0.15) is 41.7 Å². The summed E-state index contributed by atoms with van der Waals surface area (Å²) < 4.78 is 5.99. The van der Waals surface area contributed by atoms with E-state index in [1.807, 2.05) is 84.9 Å². The first-order valence-electron chi connectivity index (χ1n) is 12.8. The number of rotatable bonds is 9. The molecule has 0 unspecified atom stereocenters. The third-order valence-corrected chi connectivity index (χ3v) is 6.67. The van der Waals surface area contributed by atoms with Gasteiger partial charge in [-0.05, 0) is 66.2 Å². The third-order valence-electron chi connectivity index (χ3n) is 6.26. The van der Waals surface area contributed by atoms with E-state index in [2.05, 4.69) is 54.9 Å². The van der Waals surface area contributed by atoms with Gasteiger partial charge < -0.3 is 9.64 Å². The predicted molar refractivity (Wildman–Crippen MR) is 157 cm³/mol. The lowest BCUT2D eigenvalue weighted by Crippen LogP contribution is -2.27. The van der Waals surface area contributed by atoms with Gasteiger partial charge in [-0.15, -0.1) is 0 Å². The van der Waals surface area contributed by atoms with Crippen LogP contribution in [0.4, 0.5) is 0 Å². The average molecular weight is 506 g/mol. The molecule has 37 heavy (non-hydrogen) atoms. The molecule has 4 rings (SSSR count). The van der Waals surface area contributed by atoms with Crippen molar-refractivity contribution in [2.24, 2.45) is 0 Å². The molecule has 0 saturated carbocycles. The fourth-order valence-electron chi connectivity index (χ4n) is 4.09. The fourth-order valence-corrected chi connectivity index (χ4v) is 4.43. The van der Waals surface area contributed by atoms with Gasteiger partial charge in [0.05, 0.1) is 5.03 Å². The molecule has 0 atom stereocenters. The van der Waals surface area contributed by atoms with Gasteiger partial charge in [0.1, 0.15) is 12.4 Å². The molecule has 0 bridgehead atoms. The largest absolute Gasteiger partial charge is 0.492 e. The van der Waals surface area contributed by atoms with Crippen LogP contribution in [0.2, 0.25) is 0 Å². The number of halogens is 1. The molecule has 0 spiro atoms. The molecule has 0 saturated heterocycles. The Morgan fingerprint density at radius 3 is 1.76 bits per heavy atom. The van der Waals surface area contributed by atoms with Crippen molar-refractivity contribution in [2.45, 2.75) is 13.8 Å². The Morgan fingerprint density at radius 2 is 1.16 bits per heavy atom. The van der Waals surface area contributed by atoms with Crippen molar-refractivity contribution < 1.29 is 4.74 Å². The fraction of sp³-hybridized carbons (Fsp3) is 0.176. The standard InChI is InChI=1S/C34H32ClNO/c1-3-36(4-2)25-26-37-32-23-21-30(22-24-32)33(29-13-9-6-10-14-29)34(35)31-19-17-28(18-20-31)16-15-27-11-7-5-8-12-27/h5-14,17-24H,3-4,25-26H2,1-2H3/b34-33+. The van der Waals surface area contributed by atoms with Gasteiger partial charge in [-0.1, -0.05) is 110 Å². The van der Waals surface area contributed by atoms with Crippen LogP contribution in [0.15, 0.2) is 109 Å². The Bertz CT molecular complexity index is 1350. The number of likely N-dealkylation sites (N-methyl/N-ethyl adjacent to an activating group) is 1. The maximum Gasteiger partial charge on any atom is 0.119 e. The molecule has 0 fully saturated rings. The lowest BCUT2D eigenvalue weighted by Gasteiger charge is -2.18. The van der Waals surface area contributed by atoms with E-state index in [-0.39, 0.29) is 0 Å². The Labute approximate surface area is 226 Å². The van der Waals surface area contributed by atoms with E-state index >= 15 is 0 Å². The molecule has 4 aromatic rings. The van der Waals surface area contributed by atoms with Crippen LogP contribution in [0.5, 0.6) is 5.75 Å². The van der Waals surface area contributed by atoms with E-state index in [9.17, 15) is 0 Å². The smallest absolute Gasteiger partial charge is 0.119 e. The number of benzene rings is 4. The molecule has 0 radical (unpaired) electrons. The highest BCUT2D eigenvalue weighted by atomic mass is 35.5. The second-order valence-corrected chi connectivity index (χ2v) is 9.03. The van der Waals surface area contributed by atoms with Gasteiger partial charge in [-0.2, -0.15) is 0 Å². The van der Waals surface area contributed by atoms with Crippen LogP contribution >= 0.6 is 11.6 Å². The van der Waals surface area contributed by atoms with Crippen LogP contribution in [-0.2, 0) is 0 Å². The molecule has 0 aromatic heterocycles. The second kappa shape index (κ2) is 13.5. The minimum atomic E-state index is 0.669. The summed E-state index contributed by atoms with van der Waals surface area (Å²) in [5, 5.41) is 0.698. The Balaban J connectivity index is 1.58. The normalized spacial score (nSPS) is 11.5. The molecular formula is C34H32ClNO. The first-order chi connectivity index (χ1) is 18.2. The maximum atomic E-state index is 7.06. The van der Waals surface area contributed by atoms with Gasteiger partial charge in [0, 0.05) is 23.2 Å². The van der Waals surface area contributed by atoms with Gasteiger partial charge >= 0.3 is 0 Å². The number of ether oxygens (including phenoxy) is 1. The van der Waals surface area contributed by atoms with Crippen LogP contribution < -0.4 is 4.74 Å². The molecule has 2 nitrogen and oxygen atoms in total. The molecule has 0 heterocycles. The summed E-state index contributed by atoms with van der Waals surface area (Å²) in [4.78, 5) is 2.35. The molecule has 186 valence electrons. The van der Waals surface area contributed by atoms with Gasteiger partial charge in [0.2, 0.25) is 0 Å². The van der Waals surface area contributed by atoms with E-state index in [1.54, 1.807) is 0 Å². The number of hydrogen-bond acceptors (Lipinski definition) is 2. The highest BCUT2D eigenvalue weighted by Crippen LogP contribution is 2.35. The van der Waals surface area contributed by atoms with E-state index in [0.717, 1.165) is 58.8 Å². The molecule has 0 aliphatic rings. The highest BCUT2D eigenvalue weighted by molar-refractivity contribution is 6.53. The Morgan fingerprint density at radius 1 is 0.649 bits per heavy atom. The summed E-state index contributed by atoms with van der Waals surface area (Å²) in [6.07, 6.45) is 0. The van der Waals surface area contributed by atoms with Crippen molar-refractivity contribution in [1.82, 2.24) is 4.90 Å². The molecule has 0 amide bonds. The third kappa shape index (κ3) is 7.37. The topological polar surface area (TPSA) is 12.5 Å².